The van der Waals surface area contributed by atoms with E-state index >= 15 is 0 Å². The fourth-order valence-corrected chi connectivity index (χ4v) is 4.65. The predicted octanol–water partition coefficient (Wildman–Crippen LogP) is 6.30. The van der Waals surface area contributed by atoms with E-state index in [9.17, 15) is 23.6 Å². The normalized spacial score (nSPS) is 14.0. The molecule has 0 spiro atoms. The van der Waals surface area contributed by atoms with E-state index < -0.39 is 29.6 Å². The molecule has 0 bridgehead atoms. The molecule has 206 valence electrons. The first-order chi connectivity index (χ1) is 19.2. The maximum absolute atomic E-state index is 13.2. The van der Waals surface area contributed by atoms with Crippen LogP contribution in [0.4, 0.5) is 14.9 Å². The molecule has 3 aromatic rings. The summed E-state index contributed by atoms with van der Waals surface area (Å²) in [4.78, 5) is 51.4. The number of amides is 3. The van der Waals surface area contributed by atoms with Crippen molar-refractivity contribution < 1.29 is 33.0 Å². The van der Waals surface area contributed by atoms with Gasteiger partial charge in [0.1, 0.15) is 24.7 Å². The molecule has 11 heteroatoms. The second kappa shape index (κ2) is 13.3. The van der Waals surface area contributed by atoms with Crippen molar-refractivity contribution in [2.24, 2.45) is 0 Å². The van der Waals surface area contributed by atoms with Crippen LogP contribution in [-0.2, 0) is 20.9 Å². The van der Waals surface area contributed by atoms with Gasteiger partial charge in [-0.3, -0.25) is 19.3 Å². The van der Waals surface area contributed by atoms with Crippen LogP contribution in [0.15, 0.2) is 71.6 Å². The van der Waals surface area contributed by atoms with E-state index in [1.807, 2.05) is 6.92 Å². The number of thioether (sulfide) groups is 1. The van der Waals surface area contributed by atoms with Gasteiger partial charge in [0.15, 0.2) is 0 Å². The fourth-order valence-electron chi connectivity index (χ4n) is 3.63. The number of rotatable bonds is 10. The number of carbonyl (C=O) groups excluding carboxylic acids is 4. The van der Waals surface area contributed by atoms with Crippen molar-refractivity contribution in [1.29, 1.82) is 0 Å². The molecule has 4 rings (SSSR count). The summed E-state index contributed by atoms with van der Waals surface area (Å²) >= 11 is 6.80. The van der Waals surface area contributed by atoms with Crippen LogP contribution in [0.2, 0.25) is 5.02 Å². The maximum Gasteiger partial charge on any atom is 0.339 e. The molecule has 0 aromatic heterocycles. The summed E-state index contributed by atoms with van der Waals surface area (Å²) in [6.45, 7) is 1.73. The summed E-state index contributed by atoms with van der Waals surface area (Å²) in [6.07, 6.45) is 2.16. The number of anilines is 1. The molecular weight excluding hydrogens is 559 g/mol. The van der Waals surface area contributed by atoms with Crippen molar-refractivity contribution in [2.75, 3.05) is 18.5 Å². The molecule has 1 heterocycles. The standard InChI is InChI=1S/C29H24ClFN2O6S/c1-2-13-38-28(36)22-15-21(11-12-23(22)30)32-26(34)16-33-27(35)25(40-29(33)37)14-19-5-3-4-6-24(19)39-17-18-7-9-20(31)10-8-18/h3-12,14-15H,2,13,16-17H2,1H3,(H,32,34)/b25-14-. The van der Waals surface area contributed by atoms with E-state index in [4.69, 9.17) is 21.1 Å². The van der Waals surface area contributed by atoms with Crippen LogP contribution in [0.5, 0.6) is 5.75 Å². The Morgan fingerprint density at radius 3 is 2.58 bits per heavy atom. The van der Waals surface area contributed by atoms with E-state index in [2.05, 4.69) is 5.32 Å². The lowest BCUT2D eigenvalue weighted by Gasteiger charge is -2.13. The topological polar surface area (TPSA) is 102 Å². The van der Waals surface area contributed by atoms with Gasteiger partial charge in [-0.15, -0.1) is 0 Å². The molecule has 0 atom stereocenters. The summed E-state index contributed by atoms with van der Waals surface area (Å²) in [5.41, 5.74) is 1.66. The molecule has 3 amide bonds. The van der Waals surface area contributed by atoms with Crippen molar-refractivity contribution in [2.45, 2.75) is 20.0 Å². The first-order valence-corrected chi connectivity index (χ1v) is 13.4. The highest BCUT2D eigenvalue weighted by Crippen LogP contribution is 2.34. The van der Waals surface area contributed by atoms with Gasteiger partial charge in [0.05, 0.1) is 22.1 Å². The smallest absolute Gasteiger partial charge is 0.339 e. The summed E-state index contributed by atoms with van der Waals surface area (Å²) in [6, 6.07) is 17.2. The third kappa shape index (κ3) is 7.28. The zero-order valence-corrected chi connectivity index (χ0v) is 22.9. The van der Waals surface area contributed by atoms with Gasteiger partial charge >= 0.3 is 5.97 Å². The Labute approximate surface area is 239 Å². The molecule has 1 saturated heterocycles. The second-order valence-electron chi connectivity index (χ2n) is 8.60. The quantitative estimate of drug-likeness (QED) is 0.221. The molecule has 0 radical (unpaired) electrons. The number of carbonyl (C=O) groups is 4. The van der Waals surface area contributed by atoms with Crippen LogP contribution >= 0.6 is 23.4 Å². The van der Waals surface area contributed by atoms with Gasteiger partial charge in [-0.1, -0.05) is 48.9 Å². The number of nitrogens with zero attached hydrogens (tertiary/aromatic N) is 1. The molecule has 40 heavy (non-hydrogen) atoms. The lowest BCUT2D eigenvalue weighted by molar-refractivity contribution is -0.127. The molecule has 1 fully saturated rings. The molecule has 1 N–H and O–H groups in total. The molecule has 8 nitrogen and oxygen atoms in total. The Bertz CT molecular complexity index is 1480. The maximum atomic E-state index is 13.2. The molecule has 1 aliphatic rings. The van der Waals surface area contributed by atoms with E-state index in [-0.39, 0.29) is 40.2 Å². The van der Waals surface area contributed by atoms with Gasteiger partial charge in [0.2, 0.25) is 5.91 Å². The van der Waals surface area contributed by atoms with E-state index in [0.717, 1.165) is 10.5 Å². The number of hydrogen-bond acceptors (Lipinski definition) is 7. The Kier molecular flexibility index (Phi) is 9.57. The average Bonchev–Trinajstić information content (AvgIpc) is 3.20. The van der Waals surface area contributed by atoms with Crippen LogP contribution in [-0.4, -0.2) is 41.1 Å². The fraction of sp³-hybridized carbons (Fsp3) is 0.172. The lowest BCUT2D eigenvalue weighted by atomic mass is 10.1. The van der Waals surface area contributed by atoms with Crippen molar-refractivity contribution in [3.63, 3.8) is 0 Å². The second-order valence-corrected chi connectivity index (χ2v) is 10.00. The van der Waals surface area contributed by atoms with Crippen molar-refractivity contribution in [3.8, 4) is 5.75 Å². The zero-order chi connectivity index (χ0) is 28.6. The van der Waals surface area contributed by atoms with Crippen molar-refractivity contribution in [1.82, 2.24) is 4.90 Å². The molecule has 0 saturated carbocycles. The van der Waals surface area contributed by atoms with Gasteiger partial charge < -0.3 is 14.8 Å². The number of nitrogens with one attached hydrogen (secondary N) is 1. The van der Waals surface area contributed by atoms with E-state index in [0.29, 0.717) is 29.5 Å². The monoisotopic (exact) mass is 582 g/mol. The van der Waals surface area contributed by atoms with Crippen molar-refractivity contribution in [3.05, 3.63) is 99.2 Å². The van der Waals surface area contributed by atoms with Gasteiger partial charge in [0.25, 0.3) is 11.1 Å². The summed E-state index contributed by atoms with van der Waals surface area (Å²) in [5, 5.41) is 2.14. The summed E-state index contributed by atoms with van der Waals surface area (Å²) in [5.74, 6) is -1.77. The Morgan fingerprint density at radius 1 is 1.07 bits per heavy atom. The first-order valence-electron chi connectivity index (χ1n) is 12.2. The van der Waals surface area contributed by atoms with Crippen LogP contribution in [0.25, 0.3) is 6.08 Å². The highest BCUT2D eigenvalue weighted by Gasteiger charge is 2.36. The number of hydrogen-bond donors (Lipinski definition) is 1. The first kappa shape index (κ1) is 28.8. The lowest BCUT2D eigenvalue weighted by Crippen LogP contribution is -2.36. The van der Waals surface area contributed by atoms with E-state index in [1.165, 1.54) is 36.4 Å². The Hall–Kier alpha value is -4.15. The van der Waals surface area contributed by atoms with Gasteiger partial charge in [-0.25, -0.2) is 9.18 Å². The minimum absolute atomic E-state index is 0.0855. The number of ether oxygens (including phenoxy) is 2. The molecule has 3 aromatic carbocycles. The predicted molar refractivity (Wildman–Crippen MR) is 151 cm³/mol. The van der Waals surface area contributed by atoms with Crippen LogP contribution in [0.1, 0.15) is 34.8 Å². The largest absolute Gasteiger partial charge is 0.488 e. The Morgan fingerprint density at radius 2 is 1.82 bits per heavy atom. The minimum atomic E-state index is -0.637. The SMILES string of the molecule is CCCOC(=O)c1cc(NC(=O)CN2C(=O)S/C(=C\c3ccccc3OCc3ccc(F)cc3)C2=O)ccc1Cl. The molecule has 1 aliphatic heterocycles. The average molecular weight is 583 g/mol. The third-order valence-corrected chi connectivity index (χ3v) is 6.83. The Balaban J connectivity index is 1.42. The number of para-hydroxylation sites is 1. The zero-order valence-electron chi connectivity index (χ0n) is 21.3. The van der Waals surface area contributed by atoms with Gasteiger partial charge in [-0.05, 0) is 66.2 Å². The number of benzene rings is 3. The van der Waals surface area contributed by atoms with Crippen LogP contribution in [0, 0.1) is 5.82 Å². The minimum Gasteiger partial charge on any atom is -0.488 e. The number of imide groups is 1. The summed E-state index contributed by atoms with van der Waals surface area (Å²) < 4.78 is 24.1. The molecular formula is C29H24ClFN2O6S. The van der Waals surface area contributed by atoms with Crippen LogP contribution < -0.4 is 10.1 Å². The molecule has 0 unspecified atom stereocenters. The third-order valence-electron chi connectivity index (χ3n) is 5.60. The van der Waals surface area contributed by atoms with Crippen molar-refractivity contribution >= 4 is 58.1 Å². The molecule has 0 aliphatic carbocycles. The van der Waals surface area contributed by atoms with E-state index in [1.54, 1.807) is 36.4 Å². The van der Waals surface area contributed by atoms with Gasteiger partial charge in [0, 0.05) is 11.3 Å². The van der Waals surface area contributed by atoms with Crippen LogP contribution in [0.3, 0.4) is 0 Å². The van der Waals surface area contributed by atoms with Gasteiger partial charge in [-0.2, -0.15) is 0 Å². The number of halogens is 2. The highest BCUT2D eigenvalue weighted by atomic mass is 35.5. The number of esters is 1. The highest BCUT2D eigenvalue weighted by molar-refractivity contribution is 8.18. The summed E-state index contributed by atoms with van der Waals surface area (Å²) in [7, 11) is 0.